The van der Waals surface area contributed by atoms with Gasteiger partial charge < -0.3 is 10.2 Å². The number of hydrogen-bond donors (Lipinski definition) is 1. The first-order valence-corrected chi connectivity index (χ1v) is 16.0. The maximum Gasteiger partial charge on any atom is 0.264 e. The van der Waals surface area contributed by atoms with Crippen LogP contribution in [0.2, 0.25) is 10.0 Å². The zero-order valence-electron chi connectivity index (χ0n) is 23.9. The number of benzene rings is 4. The number of aryl methyl sites for hydroxylation is 1. The number of anilines is 1. The number of sulfonamides is 1. The van der Waals surface area contributed by atoms with E-state index in [2.05, 4.69) is 5.32 Å². The number of halogens is 2. The molecule has 10 heteroatoms. The van der Waals surface area contributed by atoms with E-state index in [-0.39, 0.29) is 39.5 Å². The number of hydrogen-bond acceptors (Lipinski definition) is 4. The van der Waals surface area contributed by atoms with Crippen molar-refractivity contribution in [2.45, 2.75) is 37.8 Å². The lowest BCUT2D eigenvalue weighted by Crippen LogP contribution is -2.53. The molecule has 0 radical (unpaired) electrons. The van der Waals surface area contributed by atoms with Crippen molar-refractivity contribution in [2.24, 2.45) is 0 Å². The highest BCUT2D eigenvalue weighted by Gasteiger charge is 2.34. The highest BCUT2D eigenvalue weighted by atomic mass is 35.5. The Hall–Kier alpha value is -3.85. The monoisotopic (exact) mass is 637 g/mol. The highest BCUT2D eigenvalue weighted by molar-refractivity contribution is 7.92. The average molecular weight is 639 g/mol. The van der Waals surface area contributed by atoms with Crippen LogP contribution in [0.1, 0.15) is 23.6 Å². The molecule has 2 amide bonds. The van der Waals surface area contributed by atoms with Crippen molar-refractivity contribution in [2.75, 3.05) is 17.4 Å². The van der Waals surface area contributed by atoms with Crippen molar-refractivity contribution in [1.29, 1.82) is 0 Å². The Morgan fingerprint density at radius 3 is 2.09 bits per heavy atom. The molecule has 4 aromatic rings. The van der Waals surface area contributed by atoms with Gasteiger partial charge in [-0.1, -0.05) is 102 Å². The molecule has 0 aromatic heterocycles. The third kappa shape index (κ3) is 8.16. The van der Waals surface area contributed by atoms with Gasteiger partial charge >= 0.3 is 0 Å². The molecular formula is C33H33Cl2N3O4S. The second-order valence-electron chi connectivity index (χ2n) is 10.0. The topological polar surface area (TPSA) is 86.8 Å². The smallest absolute Gasteiger partial charge is 0.264 e. The molecule has 224 valence electrons. The van der Waals surface area contributed by atoms with E-state index in [1.807, 2.05) is 68.4 Å². The van der Waals surface area contributed by atoms with E-state index in [0.29, 0.717) is 6.54 Å². The van der Waals surface area contributed by atoms with Gasteiger partial charge in [0.25, 0.3) is 10.0 Å². The Balaban J connectivity index is 1.81. The summed E-state index contributed by atoms with van der Waals surface area (Å²) in [6.45, 7) is 3.64. The van der Waals surface area contributed by atoms with Gasteiger partial charge in [-0.2, -0.15) is 0 Å². The lowest BCUT2D eigenvalue weighted by Gasteiger charge is -2.34. The number of likely N-dealkylation sites (N-methyl/N-ethyl adjacent to an activating group) is 1. The molecule has 0 bridgehead atoms. The number of amides is 2. The van der Waals surface area contributed by atoms with Crippen LogP contribution in [0, 0.1) is 6.92 Å². The van der Waals surface area contributed by atoms with Gasteiger partial charge in [-0.25, -0.2) is 8.42 Å². The maximum absolute atomic E-state index is 14.4. The predicted octanol–water partition coefficient (Wildman–Crippen LogP) is 6.27. The largest absolute Gasteiger partial charge is 0.355 e. The van der Waals surface area contributed by atoms with Crippen LogP contribution in [0.3, 0.4) is 0 Å². The molecule has 0 spiro atoms. The summed E-state index contributed by atoms with van der Waals surface area (Å²) in [5, 5.41) is 3.24. The summed E-state index contributed by atoms with van der Waals surface area (Å²) < 4.78 is 29.0. The summed E-state index contributed by atoms with van der Waals surface area (Å²) in [7, 11) is -4.22. The second-order valence-corrected chi connectivity index (χ2v) is 12.7. The van der Waals surface area contributed by atoms with Crippen LogP contribution in [0.5, 0.6) is 0 Å². The standard InChI is InChI=1S/C33H33Cl2N3O4S/c1-3-36-33(40)31(20-25-12-6-4-7-13-25)37(22-26-14-10-11-24(2)19-26)32(39)23-38(27-17-18-29(34)30(35)21-27)43(41,42)28-15-8-5-9-16-28/h4-19,21,31H,3,20,22-23H2,1-2H3,(H,36,40). The first-order chi connectivity index (χ1) is 20.6. The maximum atomic E-state index is 14.4. The van der Waals surface area contributed by atoms with Gasteiger partial charge in [0.15, 0.2) is 0 Å². The van der Waals surface area contributed by atoms with E-state index in [4.69, 9.17) is 23.2 Å². The van der Waals surface area contributed by atoms with Crippen LogP contribution >= 0.6 is 23.2 Å². The lowest BCUT2D eigenvalue weighted by molar-refractivity contribution is -0.140. The molecule has 0 saturated heterocycles. The van der Waals surface area contributed by atoms with Gasteiger partial charge in [0.05, 0.1) is 20.6 Å². The lowest BCUT2D eigenvalue weighted by atomic mass is 10.0. The first-order valence-electron chi connectivity index (χ1n) is 13.8. The Morgan fingerprint density at radius 2 is 1.47 bits per heavy atom. The quantitative estimate of drug-likeness (QED) is 0.198. The summed E-state index contributed by atoms with van der Waals surface area (Å²) in [6.07, 6.45) is 0.239. The highest BCUT2D eigenvalue weighted by Crippen LogP contribution is 2.31. The number of nitrogens with one attached hydrogen (secondary N) is 1. The molecule has 0 heterocycles. The van der Waals surface area contributed by atoms with E-state index >= 15 is 0 Å². The Labute approximate surface area is 263 Å². The Morgan fingerprint density at radius 1 is 0.814 bits per heavy atom. The molecule has 0 aliphatic carbocycles. The average Bonchev–Trinajstić information content (AvgIpc) is 3.00. The summed E-state index contributed by atoms with van der Waals surface area (Å²) in [5.41, 5.74) is 2.83. The van der Waals surface area contributed by atoms with Gasteiger partial charge in [0.2, 0.25) is 11.8 Å². The van der Waals surface area contributed by atoms with E-state index in [0.717, 1.165) is 21.0 Å². The van der Waals surface area contributed by atoms with Crippen molar-refractivity contribution in [3.63, 3.8) is 0 Å². The first kappa shape index (κ1) is 32.1. The van der Waals surface area contributed by atoms with Crippen LogP contribution in [-0.2, 0) is 32.6 Å². The molecular weight excluding hydrogens is 605 g/mol. The molecule has 4 aromatic carbocycles. The van der Waals surface area contributed by atoms with Gasteiger partial charge in [0.1, 0.15) is 12.6 Å². The SMILES string of the molecule is CCNC(=O)C(Cc1ccccc1)N(Cc1cccc(C)c1)C(=O)CN(c1ccc(Cl)c(Cl)c1)S(=O)(=O)c1ccccc1. The van der Waals surface area contributed by atoms with E-state index in [1.165, 1.54) is 35.2 Å². The van der Waals surface area contributed by atoms with E-state index in [1.54, 1.807) is 18.2 Å². The van der Waals surface area contributed by atoms with Gasteiger partial charge in [0, 0.05) is 19.5 Å². The van der Waals surface area contributed by atoms with Crippen LogP contribution in [0.4, 0.5) is 5.69 Å². The van der Waals surface area contributed by atoms with E-state index in [9.17, 15) is 18.0 Å². The molecule has 1 N–H and O–H groups in total. The number of carbonyl (C=O) groups is 2. The third-order valence-corrected chi connectivity index (χ3v) is 9.39. The summed E-state index contributed by atoms with van der Waals surface area (Å²) in [5.74, 6) is -0.890. The third-order valence-electron chi connectivity index (χ3n) is 6.86. The minimum absolute atomic E-state index is 0.00340. The zero-order valence-corrected chi connectivity index (χ0v) is 26.2. The van der Waals surface area contributed by atoms with Gasteiger partial charge in [-0.05, 0) is 55.3 Å². The second kappa shape index (κ2) is 14.6. The molecule has 1 unspecified atom stereocenters. The summed E-state index contributed by atoms with van der Waals surface area (Å²) >= 11 is 12.4. The number of rotatable bonds is 12. The molecule has 0 aliphatic heterocycles. The van der Waals surface area contributed by atoms with Crippen LogP contribution < -0.4 is 9.62 Å². The predicted molar refractivity (Wildman–Crippen MR) is 172 cm³/mol. The summed E-state index contributed by atoms with van der Waals surface area (Å²) in [6, 6.07) is 28.4. The van der Waals surface area contributed by atoms with Crippen molar-refractivity contribution in [1.82, 2.24) is 10.2 Å². The fourth-order valence-corrected chi connectivity index (χ4v) is 6.46. The van der Waals surface area contributed by atoms with Crippen molar-refractivity contribution in [3.05, 3.63) is 130 Å². The molecule has 0 saturated carbocycles. The van der Waals surface area contributed by atoms with Gasteiger partial charge in [-0.3, -0.25) is 13.9 Å². The van der Waals surface area contributed by atoms with Crippen LogP contribution in [0.15, 0.2) is 108 Å². The molecule has 0 aliphatic rings. The van der Waals surface area contributed by atoms with Crippen molar-refractivity contribution in [3.8, 4) is 0 Å². The molecule has 43 heavy (non-hydrogen) atoms. The number of nitrogens with zero attached hydrogens (tertiary/aromatic N) is 2. The van der Waals surface area contributed by atoms with Crippen LogP contribution in [-0.4, -0.2) is 44.3 Å². The molecule has 1 atom stereocenters. The van der Waals surface area contributed by atoms with Crippen molar-refractivity contribution < 1.29 is 18.0 Å². The number of carbonyl (C=O) groups excluding carboxylic acids is 2. The van der Waals surface area contributed by atoms with Crippen molar-refractivity contribution >= 4 is 50.7 Å². The molecule has 7 nitrogen and oxygen atoms in total. The molecule has 4 rings (SSSR count). The normalized spacial score (nSPS) is 11.9. The Kier molecular flexibility index (Phi) is 10.9. The minimum atomic E-state index is -4.22. The summed E-state index contributed by atoms with van der Waals surface area (Å²) in [4.78, 5) is 29.4. The van der Waals surface area contributed by atoms with E-state index < -0.39 is 28.5 Å². The van der Waals surface area contributed by atoms with Gasteiger partial charge in [-0.15, -0.1) is 0 Å². The minimum Gasteiger partial charge on any atom is -0.355 e. The fourth-order valence-electron chi connectivity index (χ4n) is 4.74. The zero-order chi connectivity index (χ0) is 31.0. The van der Waals surface area contributed by atoms with Crippen LogP contribution in [0.25, 0.3) is 0 Å². The Bertz CT molecular complexity index is 1670. The molecule has 0 fully saturated rings. The fraction of sp³-hybridized carbons (Fsp3) is 0.212.